The maximum Gasteiger partial charge on any atom is 0.226 e. The molecule has 0 aliphatic heterocycles. The molecule has 92 valence electrons. The summed E-state index contributed by atoms with van der Waals surface area (Å²) >= 11 is 0. The Balaban J connectivity index is 2.22. The van der Waals surface area contributed by atoms with E-state index >= 15 is 0 Å². The van der Waals surface area contributed by atoms with Crippen molar-refractivity contribution in [2.45, 2.75) is 46.2 Å². The quantitative estimate of drug-likeness (QED) is 0.682. The van der Waals surface area contributed by atoms with Gasteiger partial charge in [0.15, 0.2) is 5.82 Å². The van der Waals surface area contributed by atoms with E-state index in [1.165, 1.54) is 0 Å². The first-order valence-electron chi connectivity index (χ1n) is 5.85. The first-order valence-corrected chi connectivity index (χ1v) is 5.85. The predicted molar refractivity (Wildman–Crippen MR) is 61.1 cm³/mol. The van der Waals surface area contributed by atoms with E-state index in [-0.39, 0.29) is 0 Å². The van der Waals surface area contributed by atoms with Gasteiger partial charge in [-0.3, -0.25) is 0 Å². The number of aryl methyl sites for hydroxylation is 1. The molecule has 1 N–H and O–H groups in total. The zero-order valence-electron chi connectivity index (χ0n) is 10.3. The van der Waals surface area contributed by atoms with Gasteiger partial charge in [-0.15, -0.1) is 0 Å². The van der Waals surface area contributed by atoms with Crippen LogP contribution in [0.25, 0.3) is 0 Å². The highest BCUT2D eigenvalue weighted by molar-refractivity contribution is 4.86. The highest BCUT2D eigenvalue weighted by Crippen LogP contribution is 2.01. The van der Waals surface area contributed by atoms with E-state index in [9.17, 15) is 0 Å². The molecular weight excluding hydrogens is 206 g/mol. The van der Waals surface area contributed by atoms with Gasteiger partial charge in [-0.1, -0.05) is 19.0 Å². The van der Waals surface area contributed by atoms with Gasteiger partial charge in [-0.05, 0) is 13.3 Å². The Labute approximate surface area is 96.6 Å². The fraction of sp³-hybridized carbons (Fsp3) is 0.818. The van der Waals surface area contributed by atoms with Gasteiger partial charge in [0.2, 0.25) is 5.89 Å². The number of ether oxygens (including phenoxy) is 1. The zero-order chi connectivity index (χ0) is 11.8. The van der Waals surface area contributed by atoms with Crippen molar-refractivity contribution in [2.75, 3.05) is 13.2 Å². The molecule has 0 aliphatic carbocycles. The van der Waals surface area contributed by atoms with Crippen molar-refractivity contribution in [2.24, 2.45) is 0 Å². The second-order valence-electron chi connectivity index (χ2n) is 3.94. The molecule has 0 bridgehead atoms. The van der Waals surface area contributed by atoms with E-state index < -0.39 is 0 Å². The molecule has 1 aromatic heterocycles. The van der Waals surface area contributed by atoms with Gasteiger partial charge < -0.3 is 14.6 Å². The number of nitrogens with zero attached hydrogens (tertiary/aromatic N) is 2. The Kier molecular flexibility index (Phi) is 6.03. The molecule has 1 rings (SSSR count). The summed E-state index contributed by atoms with van der Waals surface area (Å²) in [5.41, 5.74) is 0. The van der Waals surface area contributed by atoms with Crippen LogP contribution in [0.5, 0.6) is 0 Å². The smallest absolute Gasteiger partial charge is 0.226 e. The minimum absolute atomic E-state index is 0.430. The maximum atomic E-state index is 5.24. The van der Waals surface area contributed by atoms with Gasteiger partial charge in [0, 0.05) is 25.7 Å². The van der Waals surface area contributed by atoms with Crippen LogP contribution in [0.3, 0.4) is 0 Å². The molecule has 0 unspecified atom stereocenters. The van der Waals surface area contributed by atoms with E-state index in [2.05, 4.69) is 29.3 Å². The summed E-state index contributed by atoms with van der Waals surface area (Å²) in [7, 11) is 0. The van der Waals surface area contributed by atoms with Crippen LogP contribution in [-0.2, 0) is 17.7 Å². The van der Waals surface area contributed by atoms with Crippen LogP contribution in [0.1, 0.15) is 38.9 Å². The highest BCUT2D eigenvalue weighted by Gasteiger charge is 2.06. The predicted octanol–water partition coefficient (Wildman–Crippen LogP) is 1.54. The molecule has 0 fully saturated rings. The highest BCUT2D eigenvalue weighted by atomic mass is 16.5. The summed E-state index contributed by atoms with van der Waals surface area (Å²) in [6, 6.07) is 0.430. The van der Waals surface area contributed by atoms with Gasteiger partial charge in [-0.2, -0.15) is 4.98 Å². The Morgan fingerprint density at radius 2 is 2.25 bits per heavy atom. The minimum atomic E-state index is 0.430. The molecule has 0 amide bonds. The minimum Gasteiger partial charge on any atom is -0.382 e. The van der Waals surface area contributed by atoms with E-state index in [1.54, 1.807) is 0 Å². The van der Waals surface area contributed by atoms with Gasteiger partial charge in [0.25, 0.3) is 0 Å². The van der Waals surface area contributed by atoms with Crippen molar-refractivity contribution in [1.29, 1.82) is 0 Å². The monoisotopic (exact) mass is 227 g/mol. The number of nitrogens with one attached hydrogen (secondary N) is 1. The van der Waals surface area contributed by atoms with Crippen molar-refractivity contribution in [1.82, 2.24) is 15.5 Å². The third kappa shape index (κ3) is 5.23. The van der Waals surface area contributed by atoms with E-state index in [0.717, 1.165) is 31.9 Å². The van der Waals surface area contributed by atoms with E-state index in [0.29, 0.717) is 18.5 Å². The molecule has 0 radical (unpaired) electrons. The van der Waals surface area contributed by atoms with E-state index in [1.807, 2.05) is 6.92 Å². The molecule has 5 heteroatoms. The van der Waals surface area contributed by atoms with Crippen LogP contribution >= 0.6 is 0 Å². The Morgan fingerprint density at radius 3 is 2.94 bits per heavy atom. The molecule has 1 heterocycles. The molecule has 0 aromatic carbocycles. The lowest BCUT2D eigenvalue weighted by molar-refractivity contribution is 0.143. The average Bonchev–Trinajstić information content (AvgIpc) is 2.70. The van der Waals surface area contributed by atoms with E-state index in [4.69, 9.17) is 9.26 Å². The SMILES string of the molecule is CCOCCCc1nc(CNC(C)C)no1. The second-order valence-corrected chi connectivity index (χ2v) is 3.94. The first kappa shape index (κ1) is 13.1. The summed E-state index contributed by atoms with van der Waals surface area (Å²) in [6.45, 7) is 8.33. The molecule has 0 atom stereocenters. The molecular formula is C11H21N3O2. The molecule has 0 aliphatic rings. The lowest BCUT2D eigenvalue weighted by atomic mass is 10.3. The van der Waals surface area contributed by atoms with Crippen molar-refractivity contribution < 1.29 is 9.26 Å². The number of rotatable bonds is 8. The fourth-order valence-electron chi connectivity index (χ4n) is 1.23. The normalized spacial score (nSPS) is 11.2. The van der Waals surface area contributed by atoms with Crippen molar-refractivity contribution in [3.63, 3.8) is 0 Å². The van der Waals surface area contributed by atoms with Gasteiger partial charge in [0.05, 0.1) is 6.54 Å². The molecule has 0 saturated heterocycles. The Bertz CT molecular complexity index is 287. The standard InChI is InChI=1S/C11H21N3O2/c1-4-15-7-5-6-11-13-10(14-16-11)8-12-9(2)3/h9,12H,4-8H2,1-3H3. The van der Waals surface area contributed by atoms with Crippen molar-refractivity contribution >= 4 is 0 Å². The molecule has 16 heavy (non-hydrogen) atoms. The third-order valence-electron chi connectivity index (χ3n) is 2.06. The first-order chi connectivity index (χ1) is 7.72. The van der Waals surface area contributed by atoms with Crippen LogP contribution in [0.2, 0.25) is 0 Å². The van der Waals surface area contributed by atoms with Crippen LogP contribution < -0.4 is 5.32 Å². The number of hydrogen-bond donors (Lipinski definition) is 1. The van der Waals surface area contributed by atoms with Crippen LogP contribution in [0, 0.1) is 0 Å². The van der Waals surface area contributed by atoms with Crippen molar-refractivity contribution in [3.05, 3.63) is 11.7 Å². The van der Waals surface area contributed by atoms with Gasteiger partial charge >= 0.3 is 0 Å². The molecule has 0 spiro atoms. The summed E-state index contributed by atoms with van der Waals surface area (Å²) in [5, 5.41) is 7.14. The van der Waals surface area contributed by atoms with Crippen molar-refractivity contribution in [3.8, 4) is 0 Å². The largest absolute Gasteiger partial charge is 0.382 e. The number of aromatic nitrogens is 2. The molecule has 0 saturated carbocycles. The second kappa shape index (κ2) is 7.35. The van der Waals surface area contributed by atoms with Crippen LogP contribution in [0.15, 0.2) is 4.52 Å². The lowest BCUT2D eigenvalue weighted by Crippen LogP contribution is -2.22. The lowest BCUT2D eigenvalue weighted by Gasteiger charge is -2.03. The average molecular weight is 227 g/mol. The number of hydrogen-bond acceptors (Lipinski definition) is 5. The summed E-state index contributed by atoms with van der Waals surface area (Å²) in [5.74, 6) is 1.42. The summed E-state index contributed by atoms with van der Waals surface area (Å²) < 4.78 is 10.4. The van der Waals surface area contributed by atoms with Crippen LogP contribution in [0.4, 0.5) is 0 Å². The Morgan fingerprint density at radius 1 is 1.44 bits per heavy atom. The van der Waals surface area contributed by atoms with Gasteiger partial charge in [-0.25, -0.2) is 0 Å². The topological polar surface area (TPSA) is 60.2 Å². The fourth-order valence-corrected chi connectivity index (χ4v) is 1.23. The van der Waals surface area contributed by atoms with Crippen LogP contribution in [-0.4, -0.2) is 29.4 Å². The summed E-state index contributed by atoms with van der Waals surface area (Å²) in [4.78, 5) is 4.28. The third-order valence-corrected chi connectivity index (χ3v) is 2.06. The summed E-state index contributed by atoms with van der Waals surface area (Å²) in [6.07, 6.45) is 1.71. The zero-order valence-corrected chi connectivity index (χ0v) is 10.3. The Hall–Kier alpha value is -0.940. The molecule has 5 nitrogen and oxygen atoms in total. The molecule has 1 aromatic rings. The van der Waals surface area contributed by atoms with Gasteiger partial charge in [0.1, 0.15) is 0 Å². The maximum absolute atomic E-state index is 5.24.